The zero-order valence-electron chi connectivity index (χ0n) is 19.3. The van der Waals surface area contributed by atoms with Crippen LogP contribution in [0.1, 0.15) is 44.8 Å². The number of aliphatic hydroxyl groups is 2. The van der Waals surface area contributed by atoms with Crippen LogP contribution in [-0.4, -0.2) is 72.6 Å². The molecule has 171 valence electrons. The average Bonchev–Trinajstić information content (AvgIpc) is 3.12. The first kappa shape index (κ1) is 27.2. The van der Waals surface area contributed by atoms with Gasteiger partial charge in [0.25, 0.3) is 0 Å². The molecule has 3 rings (SSSR count). The molecule has 2 atom stereocenters. The molecule has 2 heterocycles. The molecule has 0 fully saturated rings. The Balaban J connectivity index is 0.00000385. The largest absolute Gasteiger partial charge is 0.481 e. The Kier molecular flexibility index (Phi) is 10.3. The van der Waals surface area contributed by atoms with Gasteiger partial charge in [0.15, 0.2) is 0 Å². The summed E-state index contributed by atoms with van der Waals surface area (Å²) in [5.74, 6) is -1.42. The van der Waals surface area contributed by atoms with Gasteiger partial charge in [-0.05, 0) is 62.9 Å². The maximum absolute atomic E-state index is 13.6. The molecular formula is C25H29FN2NaO4. The monoisotopic (exact) mass is 463 g/mol. The molecule has 0 amide bonds. The fourth-order valence-electron chi connectivity index (χ4n) is 3.96. The Hall–Kier alpha value is -2.03. The molecule has 0 saturated carbocycles. The number of pyridine rings is 1. The Morgan fingerprint density at radius 1 is 1.09 bits per heavy atom. The maximum Gasteiger partial charge on any atom is 0.305 e. The number of halogens is 1. The fourth-order valence-corrected chi connectivity index (χ4v) is 3.96. The van der Waals surface area contributed by atoms with E-state index in [-0.39, 0.29) is 47.8 Å². The summed E-state index contributed by atoms with van der Waals surface area (Å²) in [6, 6.07) is 12.1. The van der Waals surface area contributed by atoms with Gasteiger partial charge in [-0.25, -0.2) is 4.39 Å². The number of aliphatic hydroxyl groups excluding tert-OH is 2. The number of nitrogens with zero attached hydrogens (tertiary/aromatic N) is 2. The van der Waals surface area contributed by atoms with E-state index in [1.165, 1.54) is 12.1 Å². The van der Waals surface area contributed by atoms with Crippen LogP contribution in [0.5, 0.6) is 0 Å². The molecule has 2 unspecified atom stereocenters. The second-order valence-electron chi connectivity index (χ2n) is 8.27. The minimum Gasteiger partial charge on any atom is -0.481 e. The van der Waals surface area contributed by atoms with Gasteiger partial charge in [0.05, 0.1) is 24.3 Å². The predicted octanol–water partition coefficient (Wildman–Crippen LogP) is 4.08. The van der Waals surface area contributed by atoms with Gasteiger partial charge in [-0.1, -0.05) is 18.2 Å². The van der Waals surface area contributed by atoms with Crippen LogP contribution in [0.4, 0.5) is 4.39 Å². The van der Waals surface area contributed by atoms with Crippen LogP contribution >= 0.6 is 0 Å². The van der Waals surface area contributed by atoms with E-state index in [0.29, 0.717) is 12.8 Å². The van der Waals surface area contributed by atoms with Crippen molar-refractivity contribution >= 4 is 35.5 Å². The maximum atomic E-state index is 13.6. The third-order valence-corrected chi connectivity index (χ3v) is 5.44. The van der Waals surface area contributed by atoms with Crippen LogP contribution in [-0.2, 0) is 11.2 Å². The number of aliphatic carboxylic acids is 1. The molecule has 8 heteroatoms. The van der Waals surface area contributed by atoms with E-state index in [9.17, 15) is 19.4 Å². The van der Waals surface area contributed by atoms with Crippen molar-refractivity contribution in [1.29, 1.82) is 0 Å². The zero-order chi connectivity index (χ0) is 23.3. The van der Waals surface area contributed by atoms with E-state index in [0.717, 1.165) is 28.1 Å². The molecule has 2 aromatic heterocycles. The Bertz CT molecular complexity index is 1040. The van der Waals surface area contributed by atoms with Crippen molar-refractivity contribution in [3.63, 3.8) is 0 Å². The average molecular weight is 464 g/mol. The predicted molar refractivity (Wildman–Crippen MR) is 126 cm³/mol. The number of carboxylic acids is 1. The summed E-state index contributed by atoms with van der Waals surface area (Å²) in [4.78, 5) is 15.3. The van der Waals surface area contributed by atoms with Crippen molar-refractivity contribution in [2.75, 3.05) is 0 Å². The van der Waals surface area contributed by atoms with Gasteiger partial charge in [0, 0.05) is 64.8 Å². The van der Waals surface area contributed by atoms with Crippen molar-refractivity contribution in [2.45, 2.75) is 57.8 Å². The molecule has 6 nitrogen and oxygen atoms in total. The summed E-state index contributed by atoms with van der Waals surface area (Å²) in [7, 11) is 0. The molecule has 0 spiro atoms. The summed E-state index contributed by atoms with van der Waals surface area (Å²) in [5.41, 5.74) is 4.46. The van der Waals surface area contributed by atoms with Gasteiger partial charge >= 0.3 is 5.97 Å². The van der Waals surface area contributed by atoms with Gasteiger partial charge in [-0.15, -0.1) is 0 Å². The van der Waals surface area contributed by atoms with Crippen molar-refractivity contribution in [2.24, 2.45) is 0 Å². The minimum absolute atomic E-state index is 0. The van der Waals surface area contributed by atoms with Crippen molar-refractivity contribution in [3.05, 3.63) is 66.4 Å². The SMILES string of the molecule is CC(C)n1cc(-c2ccccn2)c(-c2ccc(F)cc2)c1CCC(O)CC(O)CC(=O)O.[Na]. The number of rotatable bonds is 10. The van der Waals surface area contributed by atoms with Crippen LogP contribution in [0.25, 0.3) is 22.4 Å². The number of aromatic nitrogens is 2. The van der Waals surface area contributed by atoms with E-state index >= 15 is 0 Å². The second-order valence-corrected chi connectivity index (χ2v) is 8.27. The Labute approximate surface area is 215 Å². The number of carboxylic acid groups (broad SMARTS) is 1. The molecule has 0 aliphatic heterocycles. The summed E-state index contributed by atoms with van der Waals surface area (Å²) >= 11 is 0. The first-order chi connectivity index (χ1) is 15.3. The third kappa shape index (κ3) is 7.22. The molecule has 0 saturated heterocycles. The smallest absolute Gasteiger partial charge is 0.305 e. The van der Waals surface area contributed by atoms with Crippen LogP contribution in [0.15, 0.2) is 54.9 Å². The molecule has 1 radical (unpaired) electrons. The van der Waals surface area contributed by atoms with Crippen molar-refractivity contribution < 1.29 is 24.5 Å². The van der Waals surface area contributed by atoms with E-state index in [2.05, 4.69) is 23.4 Å². The van der Waals surface area contributed by atoms with Crippen LogP contribution < -0.4 is 0 Å². The molecule has 0 aliphatic rings. The van der Waals surface area contributed by atoms with E-state index in [4.69, 9.17) is 5.11 Å². The fraction of sp³-hybridized carbons (Fsp3) is 0.360. The molecule has 3 aromatic rings. The zero-order valence-corrected chi connectivity index (χ0v) is 21.3. The molecule has 1 aromatic carbocycles. The van der Waals surface area contributed by atoms with Crippen LogP contribution in [0.2, 0.25) is 0 Å². The van der Waals surface area contributed by atoms with Gasteiger partial charge in [-0.2, -0.15) is 0 Å². The van der Waals surface area contributed by atoms with Crippen LogP contribution in [0.3, 0.4) is 0 Å². The third-order valence-electron chi connectivity index (χ3n) is 5.44. The molecule has 33 heavy (non-hydrogen) atoms. The summed E-state index contributed by atoms with van der Waals surface area (Å²) in [6.07, 6.45) is 2.26. The normalized spacial score (nSPS) is 12.9. The number of carbonyl (C=O) groups is 1. The minimum atomic E-state index is -1.10. The molecule has 3 N–H and O–H groups in total. The van der Waals surface area contributed by atoms with Gasteiger partial charge < -0.3 is 19.9 Å². The van der Waals surface area contributed by atoms with E-state index in [1.54, 1.807) is 18.3 Å². The summed E-state index contributed by atoms with van der Waals surface area (Å²) < 4.78 is 15.7. The summed E-state index contributed by atoms with van der Waals surface area (Å²) in [5, 5.41) is 29.1. The molecular weight excluding hydrogens is 434 g/mol. The van der Waals surface area contributed by atoms with Crippen molar-refractivity contribution in [3.8, 4) is 22.4 Å². The Morgan fingerprint density at radius 2 is 1.79 bits per heavy atom. The van der Waals surface area contributed by atoms with Gasteiger partial charge in [-0.3, -0.25) is 9.78 Å². The van der Waals surface area contributed by atoms with Crippen LogP contribution in [0, 0.1) is 5.82 Å². The molecule has 0 aliphatic carbocycles. The number of hydrogen-bond acceptors (Lipinski definition) is 4. The van der Waals surface area contributed by atoms with Gasteiger partial charge in [0.2, 0.25) is 0 Å². The number of hydrogen-bond donors (Lipinski definition) is 3. The summed E-state index contributed by atoms with van der Waals surface area (Å²) in [6.45, 7) is 4.13. The first-order valence-corrected chi connectivity index (χ1v) is 10.7. The van der Waals surface area contributed by atoms with Gasteiger partial charge in [0.1, 0.15) is 5.82 Å². The van der Waals surface area contributed by atoms with E-state index < -0.39 is 24.6 Å². The topological polar surface area (TPSA) is 95.6 Å². The first-order valence-electron chi connectivity index (χ1n) is 10.7. The quantitative estimate of drug-likeness (QED) is 0.394. The van der Waals surface area contributed by atoms with Crippen molar-refractivity contribution in [1.82, 2.24) is 9.55 Å². The van der Waals surface area contributed by atoms with E-state index in [1.807, 2.05) is 24.4 Å². The number of benzene rings is 1. The Morgan fingerprint density at radius 3 is 2.36 bits per heavy atom. The standard InChI is InChI=1S/C25H29FN2O4.Na/c1-16(2)28-15-21(22-5-3-4-12-27-22)25(17-6-8-18(26)9-7-17)23(28)11-10-19(29)13-20(30)14-24(31)32;/h3-9,12,15-16,19-20,29-30H,10-11,13-14H2,1-2H3,(H,31,32);. The molecule has 0 bridgehead atoms. The second kappa shape index (κ2) is 12.4.